The predicted molar refractivity (Wildman–Crippen MR) is 70.0 cm³/mol. The zero-order chi connectivity index (χ0) is 15.2. The van der Waals surface area contributed by atoms with E-state index in [-0.39, 0.29) is 16.2 Å². The summed E-state index contributed by atoms with van der Waals surface area (Å²) in [6.07, 6.45) is -3.28. The number of hydrogen-bond acceptors (Lipinski definition) is 3. The van der Waals surface area contributed by atoms with E-state index in [1.807, 2.05) is 0 Å². The van der Waals surface area contributed by atoms with Crippen LogP contribution in [0.1, 0.15) is 5.82 Å². The largest absolute Gasteiger partial charge is 0.449 e. The highest BCUT2D eigenvalue weighted by molar-refractivity contribution is 6.29. The van der Waals surface area contributed by atoms with E-state index < -0.39 is 17.6 Å². The zero-order valence-corrected chi connectivity index (χ0v) is 10.9. The SMILES string of the molecule is O=c1[nH]c(C(F)(F)F)nc2[nH]c(-c3ccnc(Cl)c3)cc12. The molecule has 0 atom stereocenters. The molecule has 3 aromatic rings. The molecule has 9 heteroatoms. The summed E-state index contributed by atoms with van der Waals surface area (Å²) in [5, 5.41) is 0.259. The van der Waals surface area contributed by atoms with Crippen molar-refractivity contribution in [2.24, 2.45) is 0 Å². The van der Waals surface area contributed by atoms with Crippen LogP contribution in [0.2, 0.25) is 5.15 Å². The Labute approximate surface area is 119 Å². The number of aromatic amines is 2. The second-order valence-corrected chi connectivity index (χ2v) is 4.61. The molecule has 0 fully saturated rings. The van der Waals surface area contributed by atoms with Gasteiger partial charge in [-0.3, -0.25) is 4.79 Å². The fraction of sp³-hybridized carbons (Fsp3) is 0.0833. The lowest BCUT2D eigenvalue weighted by molar-refractivity contribution is -0.144. The van der Waals surface area contributed by atoms with Gasteiger partial charge in [-0.15, -0.1) is 0 Å². The van der Waals surface area contributed by atoms with Crippen molar-refractivity contribution in [3.8, 4) is 11.3 Å². The van der Waals surface area contributed by atoms with Crippen molar-refractivity contribution >= 4 is 22.6 Å². The molecule has 3 rings (SSSR count). The molecule has 0 aromatic carbocycles. The zero-order valence-electron chi connectivity index (χ0n) is 10.1. The first-order valence-electron chi connectivity index (χ1n) is 5.67. The molecule has 0 bridgehead atoms. The molecule has 0 spiro atoms. The molecule has 0 aliphatic carbocycles. The third-order valence-corrected chi connectivity index (χ3v) is 3.01. The van der Waals surface area contributed by atoms with Gasteiger partial charge in [0.05, 0.1) is 5.39 Å². The minimum absolute atomic E-state index is 0.0333. The highest BCUT2D eigenvalue weighted by atomic mass is 35.5. The van der Waals surface area contributed by atoms with Crippen molar-refractivity contribution in [3.05, 3.63) is 45.7 Å². The first kappa shape index (κ1) is 13.6. The Kier molecular flexibility index (Phi) is 2.98. The average Bonchev–Trinajstić information content (AvgIpc) is 2.82. The van der Waals surface area contributed by atoms with Gasteiger partial charge in [0, 0.05) is 17.5 Å². The molecular weight excluding hydrogens is 309 g/mol. The molecule has 0 saturated carbocycles. The van der Waals surface area contributed by atoms with Crippen LogP contribution in [0.25, 0.3) is 22.3 Å². The molecule has 5 nitrogen and oxygen atoms in total. The summed E-state index contributed by atoms with van der Waals surface area (Å²) in [6.45, 7) is 0. The van der Waals surface area contributed by atoms with Gasteiger partial charge in [0.1, 0.15) is 10.8 Å². The quantitative estimate of drug-likeness (QED) is 0.678. The minimum atomic E-state index is -4.72. The lowest BCUT2D eigenvalue weighted by atomic mass is 10.2. The molecule has 0 radical (unpaired) electrons. The molecule has 3 aromatic heterocycles. The highest BCUT2D eigenvalue weighted by Gasteiger charge is 2.34. The van der Waals surface area contributed by atoms with Crippen molar-refractivity contribution in [3.63, 3.8) is 0 Å². The van der Waals surface area contributed by atoms with E-state index in [1.54, 1.807) is 11.1 Å². The first-order chi connectivity index (χ1) is 9.84. The number of rotatable bonds is 1. The van der Waals surface area contributed by atoms with Gasteiger partial charge >= 0.3 is 6.18 Å². The van der Waals surface area contributed by atoms with Gasteiger partial charge < -0.3 is 9.97 Å². The number of aromatic nitrogens is 4. The molecule has 2 N–H and O–H groups in total. The Morgan fingerprint density at radius 1 is 1.19 bits per heavy atom. The third-order valence-electron chi connectivity index (χ3n) is 2.80. The molecule has 0 amide bonds. The van der Waals surface area contributed by atoms with Crippen LogP contribution in [-0.2, 0) is 6.18 Å². The topological polar surface area (TPSA) is 74.4 Å². The van der Waals surface area contributed by atoms with Crippen LogP contribution < -0.4 is 5.56 Å². The summed E-state index contributed by atoms with van der Waals surface area (Å²) >= 11 is 5.75. The van der Waals surface area contributed by atoms with Crippen LogP contribution in [-0.4, -0.2) is 19.9 Å². The lowest BCUT2D eigenvalue weighted by Gasteiger charge is -2.03. The molecule has 3 heterocycles. The maximum atomic E-state index is 12.6. The number of halogens is 4. The average molecular weight is 315 g/mol. The van der Waals surface area contributed by atoms with Gasteiger partial charge in [0.15, 0.2) is 0 Å². The van der Waals surface area contributed by atoms with Gasteiger partial charge in [-0.25, -0.2) is 9.97 Å². The van der Waals surface area contributed by atoms with Gasteiger partial charge in [-0.2, -0.15) is 13.2 Å². The Hall–Kier alpha value is -2.35. The van der Waals surface area contributed by atoms with Crippen LogP contribution >= 0.6 is 11.6 Å². The maximum absolute atomic E-state index is 12.6. The van der Waals surface area contributed by atoms with Gasteiger partial charge in [0.25, 0.3) is 5.56 Å². The van der Waals surface area contributed by atoms with Crippen molar-refractivity contribution in [1.82, 2.24) is 19.9 Å². The normalized spacial score (nSPS) is 12.0. The number of alkyl halides is 3. The molecular formula is C12H6ClF3N4O. The van der Waals surface area contributed by atoms with E-state index in [2.05, 4.69) is 15.0 Å². The molecule has 108 valence electrons. The van der Waals surface area contributed by atoms with Gasteiger partial charge in [-0.05, 0) is 18.2 Å². The summed E-state index contributed by atoms with van der Waals surface area (Å²) in [6, 6.07) is 4.54. The summed E-state index contributed by atoms with van der Waals surface area (Å²) in [7, 11) is 0. The number of pyridine rings is 1. The highest BCUT2D eigenvalue weighted by Crippen LogP contribution is 2.27. The second-order valence-electron chi connectivity index (χ2n) is 4.22. The third kappa shape index (κ3) is 2.49. The van der Waals surface area contributed by atoms with E-state index >= 15 is 0 Å². The summed E-state index contributed by atoms with van der Waals surface area (Å²) in [5.41, 5.74) is -0.00318. The van der Waals surface area contributed by atoms with E-state index in [4.69, 9.17) is 11.6 Å². The fourth-order valence-electron chi connectivity index (χ4n) is 1.88. The molecule has 21 heavy (non-hydrogen) atoms. The Morgan fingerprint density at radius 2 is 1.95 bits per heavy atom. The van der Waals surface area contributed by atoms with E-state index in [0.29, 0.717) is 11.3 Å². The monoisotopic (exact) mass is 314 g/mol. The minimum Gasteiger partial charge on any atom is -0.339 e. The molecule has 0 saturated heterocycles. The van der Waals surface area contributed by atoms with Gasteiger partial charge in [-0.1, -0.05) is 11.6 Å². The summed E-state index contributed by atoms with van der Waals surface area (Å²) in [4.78, 5) is 23.3. The van der Waals surface area contributed by atoms with Crippen molar-refractivity contribution in [2.45, 2.75) is 6.18 Å². The van der Waals surface area contributed by atoms with E-state index in [0.717, 1.165) is 0 Å². The van der Waals surface area contributed by atoms with E-state index in [9.17, 15) is 18.0 Å². The maximum Gasteiger partial charge on any atom is 0.449 e. The molecule has 0 aliphatic heterocycles. The summed E-state index contributed by atoms with van der Waals surface area (Å²) < 4.78 is 37.8. The van der Waals surface area contributed by atoms with Crippen molar-refractivity contribution < 1.29 is 13.2 Å². The Morgan fingerprint density at radius 3 is 2.62 bits per heavy atom. The predicted octanol–water partition coefficient (Wildman–Crippen LogP) is 2.99. The van der Waals surface area contributed by atoms with Crippen LogP contribution in [0.3, 0.4) is 0 Å². The fourth-order valence-corrected chi connectivity index (χ4v) is 2.05. The smallest absolute Gasteiger partial charge is 0.339 e. The Bertz CT molecular complexity index is 884. The van der Waals surface area contributed by atoms with Crippen LogP contribution in [0, 0.1) is 0 Å². The number of H-pyrrole nitrogens is 2. The van der Waals surface area contributed by atoms with Crippen molar-refractivity contribution in [2.75, 3.05) is 0 Å². The van der Waals surface area contributed by atoms with Gasteiger partial charge in [0.2, 0.25) is 5.82 Å². The molecule has 0 unspecified atom stereocenters. The first-order valence-corrected chi connectivity index (χ1v) is 6.04. The summed E-state index contributed by atoms with van der Waals surface area (Å²) in [5.74, 6) is -1.35. The second kappa shape index (κ2) is 4.59. The number of hydrogen-bond donors (Lipinski definition) is 2. The van der Waals surface area contributed by atoms with Crippen LogP contribution in [0.15, 0.2) is 29.2 Å². The van der Waals surface area contributed by atoms with Crippen molar-refractivity contribution in [1.29, 1.82) is 0 Å². The Balaban J connectivity index is 2.21. The lowest BCUT2D eigenvalue weighted by Crippen LogP contribution is -2.18. The number of fused-ring (bicyclic) bond motifs is 1. The number of nitrogens with zero attached hydrogens (tertiary/aromatic N) is 2. The number of nitrogens with one attached hydrogen (secondary N) is 2. The van der Waals surface area contributed by atoms with Crippen LogP contribution in [0.4, 0.5) is 13.2 Å². The van der Waals surface area contributed by atoms with E-state index in [1.165, 1.54) is 18.3 Å². The molecule has 0 aliphatic rings. The van der Waals surface area contributed by atoms with Crippen LogP contribution in [0.5, 0.6) is 0 Å². The standard InChI is InChI=1S/C12H6ClF3N4O/c13-8-3-5(1-2-17-8)7-4-6-9(18-7)19-11(12(14,15)16)20-10(6)21/h1-4H,(H2,18,19,20,21).